The van der Waals surface area contributed by atoms with Crippen LogP contribution >= 0.6 is 11.3 Å². The van der Waals surface area contributed by atoms with Crippen LogP contribution in [0.1, 0.15) is 16.3 Å². The van der Waals surface area contributed by atoms with Crippen LogP contribution in [0.3, 0.4) is 0 Å². The summed E-state index contributed by atoms with van der Waals surface area (Å²) in [4.78, 5) is 12.4. The van der Waals surface area contributed by atoms with Gasteiger partial charge in [-0.2, -0.15) is 0 Å². The van der Waals surface area contributed by atoms with Gasteiger partial charge in [0.25, 0.3) is 0 Å². The molecule has 3 aromatic rings. The highest BCUT2D eigenvalue weighted by Gasteiger charge is 1.99. The highest BCUT2D eigenvalue weighted by molar-refractivity contribution is 7.09. The van der Waals surface area contributed by atoms with Crippen molar-refractivity contribution >= 4 is 11.3 Å². The number of thiazole rings is 1. The smallest absolute Gasteiger partial charge is 0.147 e. The molecule has 0 aliphatic rings. The molecule has 0 unspecified atom stereocenters. The maximum atomic E-state index is 5.67. The second-order valence-electron chi connectivity index (χ2n) is 4.20. The first-order valence-corrected chi connectivity index (χ1v) is 7.15. The Morgan fingerprint density at radius 2 is 2.00 bits per heavy atom. The summed E-state index contributed by atoms with van der Waals surface area (Å²) in [5.74, 6) is 7.35. The molecule has 0 bridgehead atoms. The van der Waals surface area contributed by atoms with Gasteiger partial charge in [-0.15, -0.1) is 11.3 Å². The number of aryl methyl sites for hydroxylation is 1. The fourth-order valence-electron chi connectivity index (χ4n) is 1.64. The molecule has 0 amide bonds. The molecular weight excluding hydrogens is 282 g/mol. The quantitative estimate of drug-likeness (QED) is 0.679. The van der Waals surface area contributed by atoms with Gasteiger partial charge >= 0.3 is 0 Å². The number of ether oxygens (including phenoxy) is 1. The first kappa shape index (κ1) is 13.3. The zero-order valence-corrected chi connectivity index (χ0v) is 12.1. The Labute approximate surface area is 126 Å². The molecule has 5 heteroatoms. The molecule has 3 aromatic heterocycles. The minimum absolute atomic E-state index is 0.629. The lowest BCUT2D eigenvalue weighted by molar-refractivity contribution is 0.478. The number of hydrogen-bond acceptors (Lipinski definition) is 5. The SMILES string of the molecule is Cc1nc(C#Cc2cncc(Oc3cccnc3)c2)cs1. The summed E-state index contributed by atoms with van der Waals surface area (Å²) in [6.07, 6.45) is 6.69. The predicted octanol–water partition coefficient (Wildman–Crippen LogP) is 3.43. The van der Waals surface area contributed by atoms with Gasteiger partial charge in [0, 0.05) is 23.3 Å². The summed E-state index contributed by atoms with van der Waals surface area (Å²) in [5.41, 5.74) is 1.55. The van der Waals surface area contributed by atoms with E-state index in [0.717, 1.165) is 16.3 Å². The van der Waals surface area contributed by atoms with E-state index in [9.17, 15) is 0 Å². The van der Waals surface area contributed by atoms with E-state index in [2.05, 4.69) is 26.8 Å². The van der Waals surface area contributed by atoms with Gasteiger partial charge < -0.3 is 4.74 Å². The van der Waals surface area contributed by atoms with E-state index in [1.807, 2.05) is 30.5 Å². The molecule has 3 heterocycles. The number of nitrogens with zero attached hydrogens (tertiary/aromatic N) is 3. The molecule has 0 saturated heterocycles. The van der Waals surface area contributed by atoms with Crippen LogP contribution in [0.15, 0.2) is 48.4 Å². The molecule has 0 aromatic carbocycles. The molecule has 0 spiro atoms. The Balaban J connectivity index is 1.79. The lowest BCUT2D eigenvalue weighted by atomic mass is 10.2. The molecule has 3 rings (SSSR count). The van der Waals surface area contributed by atoms with Crippen LogP contribution in [0, 0.1) is 18.8 Å². The standard InChI is InChI=1S/C16H11N3OS/c1-12-19-14(11-21-12)5-4-13-7-16(10-18-8-13)20-15-3-2-6-17-9-15/h2-3,6-11H,1H3. The normalized spacial score (nSPS) is 9.76. The third kappa shape index (κ3) is 3.65. The fraction of sp³-hybridized carbons (Fsp3) is 0.0625. The molecule has 0 saturated carbocycles. The largest absolute Gasteiger partial charge is 0.454 e. The predicted molar refractivity (Wildman–Crippen MR) is 81.4 cm³/mol. The molecule has 0 radical (unpaired) electrons. The van der Waals surface area contributed by atoms with Crippen molar-refractivity contribution in [3.05, 3.63) is 64.6 Å². The lowest BCUT2D eigenvalue weighted by Crippen LogP contribution is -1.87. The number of pyridine rings is 2. The maximum absolute atomic E-state index is 5.67. The van der Waals surface area contributed by atoms with Crippen molar-refractivity contribution in [2.24, 2.45) is 0 Å². The average molecular weight is 293 g/mol. The molecule has 0 atom stereocenters. The number of rotatable bonds is 2. The minimum Gasteiger partial charge on any atom is -0.454 e. The summed E-state index contributed by atoms with van der Waals surface area (Å²) >= 11 is 1.58. The average Bonchev–Trinajstić information content (AvgIpc) is 2.92. The van der Waals surface area contributed by atoms with Crippen molar-refractivity contribution in [1.29, 1.82) is 0 Å². The van der Waals surface area contributed by atoms with E-state index in [4.69, 9.17) is 4.74 Å². The van der Waals surface area contributed by atoms with Gasteiger partial charge in [0.2, 0.25) is 0 Å². The van der Waals surface area contributed by atoms with Crippen molar-refractivity contribution in [3.8, 4) is 23.3 Å². The van der Waals surface area contributed by atoms with Crippen LogP contribution in [0.25, 0.3) is 0 Å². The zero-order valence-electron chi connectivity index (χ0n) is 11.3. The van der Waals surface area contributed by atoms with E-state index in [1.54, 1.807) is 36.1 Å². The van der Waals surface area contributed by atoms with Gasteiger partial charge in [0.15, 0.2) is 0 Å². The van der Waals surface area contributed by atoms with Crippen LogP contribution in [0.4, 0.5) is 0 Å². The second-order valence-corrected chi connectivity index (χ2v) is 5.26. The first-order valence-electron chi connectivity index (χ1n) is 6.27. The van der Waals surface area contributed by atoms with Gasteiger partial charge in [0.1, 0.15) is 17.2 Å². The third-order valence-electron chi connectivity index (χ3n) is 2.54. The van der Waals surface area contributed by atoms with Gasteiger partial charge in [0.05, 0.1) is 17.4 Å². The zero-order chi connectivity index (χ0) is 14.5. The Morgan fingerprint density at radius 3 is 2.76 bits per heavy atom. The molecule has 0 aliphatic heterocycles. The van der Waals surface area contributed by atoms with Crippen LogP contribution in [-0.2, 0) is 0 Å². The Hall–Kier alpha value is -2.71. The van der Waals surface area contributed by atoms with Crippen LogP contribution in [0.2, 0.25) is 0 Å². The van der Waals surface area contributed by atoms with Crippen molar-refractivity contribution < 1.29 is 4.74 Å². The lowest BCUT2D eigenvalue weighted by Gasteiger charge is -2.04. The molecule has 0 N–H and O–H groups in total. The van der Waals surface area contributed by atoms with Crippen LogP contribution in [0.5, 0.6) is 11.5 Å². The van der Waals surface area contributed by atoms with Gasteiger partial charge in [-0.3, -0.25) is 9.97 Å². The summed E-state index contributed by atoms with van der Waals surface area (Å²) in [6.45, 7) is 1.96. The molecular formula is C16H11N3OS. The minimum atomic E-state index is 0.629. The van der Waals surface area contributed by atoms with Crippen molar-refractivity contribution in [2.75, 3.05) is 0 Å². The molecule has 0 fully saturated rings. The molecule has 102 valence electrons. The maximum Gasteiger partial charge on any atom is 0.147 e. The summed E-state index contributed by atoms with van der Waals surface area (Å²) < 4.78 is 5.67. The van der Waals surface area contributed by atoms with Crippen molar-refractivity contribution in [2.45, 2.75) is 6.92 Å². The van der Waals surface area contributed by atoms with Gasteiger partial charge in [-0.05, 0) is 31.0 Å². The first-order chi connectivity index (χ1) is 10.3. The Morgan fingerprint density at radius 1 is 1.10 bits per heavy atom. The van der Waals surface area contributed by atoms with Crippen LogP contribution in [-0.4, -0.2) is 15.0 Å². The van der Waals surface area contributed by atoms with E-state index in [0.29, 0.717) is 11.5 Å². The summed E-state index contributed by atoms with van der Waals surface area (Å²) in [6, 6.07) is 5.49. The van der Waals surface area contributed by atoms with Gasteiger partial charge in [-0.1, -0.05) is 5.92 Å². The van der Waals surface area contributed by atoms with Crippen LogP contribution < -0.4 is 4.74 Å². The van der Waals surface area contributed by atoms with E-state index < -0.39 is 0 Å². The topological polar surface area (TPSA) is 47.9 Å². The number of hydrogen-bond donors (Lipinski definition) is 0. The second kappa shape index (κ2) is 6.16. The van der Waals surface area contributed by atoms with Gasteiger partial charge in [-0.25, -0.2) is 4.98 Å². The molecule has 0 aliphatic carbocycles. The summed E-state index contributed by atoms with van der Waals surface area (Å²) in [7, 11) is 0. The van der Waals surface area contributed by atoms with E-state index in [-0.39, 0.29) is 0 Å². The van der Waals surface area contributed by atoms with E-state index in [1.165, 1.54) is 0 Å². The Bertz CT molecular complexity index is 803. The van der Waals surface area contributed by atoms with E-state index >= 15 is 0 Å². The highest BCUT2D eigenvalue weighted by Crippen LogP contribution is 2.19. The monoisotopic (exact) mass is 293 g/mol. The molecule has 21 heavy (non-hydrogen) atoms. The van der Waals surface area contributed by atoms with Crippen molar-refractivity contribution in [3.63, 3.8) is 0 Å². The highest BCUT2D eigenvalue weighted by atomic mass is 32.1. The number of aromatic nitrogens is 3. The van der Waals surface area contributed by atoms with Crippen molar-refractivity contribution in [1.82, 2.24) is 15.0 Å². The molecule has 4 nitrogen and oxygen atoms in total. The Kier molecular flexibility index (Phi) is 3.90. The third-order valence-corrected chi connectivity index (χ3v) is 3.31. The fourth-order valence-corrected chi connectivity index (χ4v) is 2.19. The summed E-state index contributed by atoms with van der Waals surface area (Å²) in [5, 5.41) is 2.94.